The highest BCUT2D eigenvalue weighted by molar-refractivity contribution is 7.99. The van der Waals surface area contributed by atoms with E-state index in [2.05, 4.69) is 5.32 Å². The number of nitrogens with zero attached hydrogens (tertiary/aromatic N) is 1. The first-order chi connectivity index (χ1) is 9.96. The first-order valence-corrected chi connectivity index (χ1v) is 7.50. The number of nitro groups is 1. The van der Waals surface area contributed by atoms with Gasteiger partial charge in [0.25, 0.3) is 11.6 Å². The number of nitrogens with one attached hydrogen (secondary N) is 1. The second-order valence-electron chi connectivity index (χ2n) is 4.33. The zero-order chi connectivity index (χ0) is 16.0. The standard InChI is InChI=1S/C13H18N2O5S/c1-8(11(7-16)21-3)14-13(17)12-9(15(18)19)5-4-6-10(12)20-2/h4-6,8,11,16H,7H2,1-3H3,(H,14,17). The van der Waals surface area contributed by atoms with Crippen LogP contribution in [0.5, 0.6) is 5.75 Å². The number of hydrogen-bond donors (Lipinski definition) is 2. The van der Waals surface area contributed by atoms with Crippen LogP contribution < -0.4 is 10.1 Å². The van der Waals surface area contributed by atoms with Gasteiger partial charge in [-0.25, -0.2) is 0 Å². The van der Waals surface area contributed by atoms with Crippen molar-refractivity contribution in [1.82, 2.24) is 5.32 Å². The minimum Gasteiger partial charge on any atom is -0.496 e. The van der Waals surface area contributed by atoms with Crippen LogP contribution in [-0.2, 0) is 0 Å². The quantitative estimate of drug-likeness (QED) is 0.583. The van der Waals surface area contributed by atoms with Gasteiger partial charge < -0.3 is 15.2 Å². The Kier molecular flexibility index (Phi) is 6.44. The molecule has 0 aliphatic heterocycles. The number of carbonyl (C=O) groups excluding carboxylic acids is 1. The molecule has 116 valence electrons. The van der Waals surface area contributed by atoms with Crippen LogP contribution in [0.1, 0.15) is 17.3 Å². The molecule has 2 unspecified atom stereocenters. The summed E-state index contributed by atoms with van der Waals surface area (Å²) in [6.45, 7) is 1.63. The third-order valence-corrected chi connectivity index (χ3v) is 4.21. The van der Waals surface area contributed by atoms with Gasteiger partial charge in [-0.15, -0.1) is 0 Å². The summed E-state index contributed by atoms with van der Waals surface area (Å²) in [6.07, 6.45) is 1.81. The van der Waals surface area contributed by atoms with E-state index in [0.29, 0.717) is 0 Å². The number of methoxy groups -OCH3 is 1. The highest BCUT2D eigenvalue weighted by atomic mass is 32.2. The minimum atomic E-state index is -0.625. The molecule has 1 aromatic rings. The Hall–Kier alpha value is -1.80. The van der Waals surface area contributed by atoms with E-state index in [0.717, 1.165) is 0 Å². The lowest BCUT2D eigenvalue weighted by Crippen LogP contribution is -2.41. The maximum atomic E-state index is 12.3. The van der Waals surface area contributed by atoms with Crippen LogP contribution in [0, 0.1) is 10.1 Å². The molecule has 0 fully saturated rings. The lowest BCUT2D eigenvalue weighted by molar-refractivity contribution is -0.385. The van der Waals surface area contributed by atoms with Crippen molar-refractivity contribution in [3.05, 3.63) is 33.9 Å². The Labute approximate surface area is 126 Å². The van der Waals surface area contributed by atoms with E-state index in [9.17, 15) is 20.0 Å². The van der Waals surface area contributed by atoms with Crippen LogP contribution in [-0.4, -0.2) is 47.2 Å². The third-order valence-electron chi connectivity index (χ3n) is 3.05. The van der Waals surface area contributed by atoms with Gasteiger partial charge in [0.05, 0.1) is 18.6 Å². The van der Waals surface area contributed by atoms with E-state index >= 15 is 0 Å². The van der Waals surface area contributed by atoms with Gasteiger partial charge in [0.1, 0.15) is 5.75 Å². The summed E-state index contributed by atoms with van der Waals surface area (Å²) >= 11 is 1.41. The number of carbonyl (C=O) groups is 1. The molecule has 21 heavy (non-hydrogen) atoms. The number of thioether (sulfide) groups is 1. The SMILES string of the molecule is COc1cccc([N+](=O)[O-])c1C(=O)NC(C)C(CO)SC. The van der Waals surface area contributed by atoms with Gasteiger partial charge in [0.15, 0.2) is 5.56 Å². The zero-order valence-corrected chi connectivity index (χ0v) is 12.8. The average Bonchev–Trinajstić information content (AvgIpc) is 2.47. The molecule has 1 rings (SSSR count). The highest BCUT2D eigenvalue weighted by Crippen LogP contribution is 2.28. The summed E-state index contributed by atoms with van der Waals surface area (Å²) in [4.78, 5) is 22.7. The molecule has 0 aromatic heterocycles. The molecular weight excluding hydrogens is 296 g/mol. The first kappa shape index (κ1) is 17.3. The molecule has 0 aliphatic rings. The number of hydrogen-bond acceptors (Lipinski definition) is 6. The number of benzene rings is 1. The Balaban J connectivity index is 3.09. The average molecular weight is 314 g/mol. The van der Waals surface area contributed by atoms with Crippen molar-refractivity contribution < 1.29 is 19.6 Å². The van der Waals surface area contributed by atoms with Crippen molar-refractivity contribution in [1.29, 1.82) is 0 Å². The van der Waals surface area contributed by atoms with Gasteiger partial charge in [-0.05, 0) is 19.2 Å². The summed E-state index contributed by atoms with van der Waals surface area (Å²) in [6, 6.07) is 3.85. The van der Waals surface area contributed by atoms with Gasteiger partial charge in [0, 0.05) is 17.4 Å². The fourth-order valence-corrected chi connectivity index (χ4v) is 2.50. The number of nitro benzene ring substituents is 1. The molecule has 1 amide bonds. The molecule has 7 nitrogen and oxygen atoms in total. The van der Waals surface area contributed by atoms with Crippen molar-refractivity contribution >= 4 is 23.4 Å². The van der Waals surface area contributed by atoms with E-state index in [1.165, 1.54) is 37.1 Å². The number of rotatable bonds is 7. The van der Waals surface area contributed by atoms with E-state index < -0.39 is 10.8 Å². The molecule has 0 spiro atoms. The number of aliphatic hydroxyl groups is 1. The molecule has 0 saturated heterocycles. The fourth-order valence-electron chi connectivity index (χ4n) is 1.88. The number of amides is 1. The molecular formula is C13H18N2O5S. The number of ether oxygens (including phenoxy) is 1. The van der Waals surface area contributed by atoms with Crippen molar-refractivity contribution in [2.24, 2.45) is 0 Å². The van der Waals surface area contributed by atoms with E-state index in [4.69, 9.17) is 4.74 Å². The van der Waals surface area contributed by atoms with Crippen molar-refractivity contribution in [2.45, 2.75) is 18.2 Å². The zero-order valence-electron chi connectivity index (χ0n) is 12.0. The van der Waals surface area contributed by atoms with Crippen LogP contribution >= 0.6 is 11.8 Å². The molecule has 2 atom stereocenters. The Morgan fingerprint density at radius 2 is 2.24 bits per heavy atom. The minimum absolute atomic E-state index is 0.101. The summed E-state index contributed by atoms with van der Waals surface area (Å²) in [5.74, 6) is -0.460. The molecule has 0 radical (unpaired) electrons. The monoisotopic (exact) mass is 314 g/mol. The fraction of sp³-hybridized carbons (Fsp3) is 0.462. The van der Waals surface area contributed by atoms with Crippen LogP contribution in [0.2, 0.25) is 0 Å². The Bertz CT molecular complexity index is 519. The molecule has 2 N–H and O–H groups in total. The predicted molar refractivity (Wildman–Crippen MR) is 81.0 cm³/mol. The first-order valence-electron chi connectivity index (χ1n) is 6.22. The van der Waals surface area contributed by atoms with Crippen molar-refractivity contribution in [3.63, 3.8) is 0 Å². The largest absolute Gasteiger partial charge is 0.496 e. The second kappa shape index (κ2) is 7.84. The molecule has 0 bridgehead atoms. The summed E-state index contributed by atoms with van der Waals surface area (Å²) in [5, 5.41) is 22.7. The highest BCUT2D eigenvalue weighted by Gasteiger charge is 2.27. The van der Waals surface area contributed by atoms with Gasteiger partial charge >= 0.3 is 0 Å². The summed E-state index contributed by atoms with van der Waals surface area (Å²) in [5.41, 5.74) is -0.432. The Morgan fingerprint density at radius 1 is 1.57 bits per heavy atom. The van der Waals surface area contributed by atoms with Crippen molar-refractivity contribution in [2.75, 3.05) is 20.0 Å². The molecule has 0 saturated carbocycles. The van der Waals surface area contributed by atoms with Gasteiger partial charge in [-0.2, -0.15) is 11.8 Å². The van der Waals surface area contributed by atoms with Crippen LogP contribution in [0.15, 0.2) is 18.2 Å². The van der Waals surface area contributed by atoms with Gasteiger partial charge in [-0.1, -0.05) is 6.07 Å². The number of aliphatic hydroxyl groups excluding tert-OH is 1. The summed E-state index contributed by atoms with van der Waals surface area (Å²) < 4.78 is 5.03. The second-order valence-corrected chi connectivity index (χ2v) is 5.41. The van der Waals surface area contributed by atoms with Crippen LogP contribution in [0.4, 0.5) is 5.69 Å². The lowest BCUT2D eigenvalue weighted by Gasteiger charge is -2.21. The smallest absolute Gasteiger partial charge is 0.285 e. The maximum absolute atomic E-state index is 12.3. The molecule has 8 heteroatoms. The normalized spacial score (nSPS) is 13.3. The van der Waals surface area contributed by atoms with Crippen molar-refractivity contribution in [3.8, 4) is 5.75 Å². The summed E-state index contributed by atoms with van der Waals surface area (Å²) in [7, 11) is 1.34. The van der Waals surface area contributed by atoms with E-state index in [-0.39, 0.29) is 34.9 Å². The molecule has 0 heterocycles. The molecule has 0 aliphatic carbocycles. The van der Waals surface area contributed by atoms with E-state index in [1.807, 2.05) is 6.26 Å². The molecule has 1 aromatic carbocycles. The van der Waals surface area contributed by atoms with Crippen LogP contribution in [0.25, 0.3) is 0 Å². The van der Waals surface area contributed by atoms with E-state index in [1.54, 1.807) is 6.92 Å². The van der Waals surface area contributed by atoms with Gasteiger partial charge in [0.2, 0.25) is 0 Å². The lowest BCUT2D eigenvalue weighted by atomic mass is 10.1. The predicted octanol–water partition coefficient (Wildman–Crippen LogP) is 1.45. The van der Waals surface area contributed by atoms with Crippen LogP contribution in [0.3, 0.4) is 0 Å². The topological polar surface area (TPSA) is 102 Å². The Morgan fingerprint density at radius 3 is 2.71 bits per heavy atom. The third kappa shape index (κ3) is 4.08. The maximum Gasteiger partial charge on any atom is 0.285 e. The van der Waals surface area contributed by atoms with Gasteiger partial charge in [-0.3, -0.25) is 14.9 Å².